The molecule has 0 aliphatic rings. The van der Waals surface area contributed by atoms with Crippen LogP contribution in [0.1, 0.15) is 5.89 Å². The van der Waals surface area contributed by atoms with Crippen LogP contribution in [0.2, 0.25) is 0 Å². The highest BCUT2D eigenvalue weighted by Crippen LogP contribution is 2.24. The molecular formula is C11H8FIN2O4. The van der Waals surface area contributed by atoms with Gasteiger partial charge in [0.15, 0.2) is 0 Å². The van der Waals surface area contributed by atoms with Gasteiger partial charge in [-0.15, -0.1) is 10.2 Å². The van der Waals surface area contributed by atoms with Gasteiger partial charge in [0.05, 0.1) is 5.56 Å². The Bertz CT molecular complexity index is 602. The van der Waals surface area contributed by atoms with Crippen LogP contribution in [-0.4, -0.2) is 27.9 Å². The maximum Gasteiger partial charge on any atom is 0.329 e. The number of nitrogens with zero attached hydrogens (tertiary/aromatic N) is 2. The molecule has 1 aromatic carbocycles. The summed E-state index contributed by atoms with van der Waals surface area (Å²) in [6, 6.07) is 4.18. The number of halogens is 2. The van der Waals surface area contributed by atoms with Gasteiger partial charge < -0.3 is 14.3 Å². The Morgan fingerprint density at radius 1 is 1.47 bits per heavy atom. The summed E-state index contributed by atoms with van der Waals surface area (Å²) >= 11 is 1.96. The van der Waals surface area contributed by atoms with Crippen LogP contribution in [0.15, 0.2) is 22.6 Å². The van der Waals surface area contributed by atoms with Gasteiger partial charge in [0.1, 0.15) is 19.0 Å². The number of ether oxygens (including phenoxy) is 1. The van der Waals surface area contributed by atoms with Crippen molar-refractivity contribution < 1.29 is 23.4 Å². The zero-order chi connectivity index (χ0) is 13.8. The number of hydrogen-bond donors (Lipinski definition) is 1. The lowest BCUT2D eigenvalue weighted by Crippen LogP contribution is -2.06. The molecule has 2 rings (SSSR count). The summed E-state index contributed by atoms with van der Waals surface area (Å²) in [6.07, 6.45) is 0. The van der Waals surface area contributed by atoms with Crippen molar-refractivity contribution in [2.45, 2.75) is 6.61 Å². The molecule has 1 N–H and O–H groups in total. The number of aliphatic carboxylic acids is 1. The average Bonchev–Trinajstić information content (AvgIpc) is 2.77. The van der Waals surface area contributed by atoms with Gasteiger partial charge in [-0.3, -0.25) is 0 Å². The van der Waals surface area contributed by atoms with Gasteiger partial charge in [-0.2, -0.15) is 0 Å². The second kappa shape index (κ2) is 6.06. The minimum atomic E-state index is -1.08. The van der Waals surface area contributed by atoms with Gasteiger partial charge in [0.2, 0.25) is 11.8 Å². The maximum absolute atomic E-state index is 13.0. The summed E-state index contributed by atoms with van der Waals surface area (Å²) in [6.45, 7) is -0.525. The van der Waals surface area contributed by atoms with E-state index in [1.54, 1.807) is 0 Å². The molecule has 19 heavy (non-hydrogen) atoms. The van der Waals surface area contributed by atoms with Crippen molar-refractivity contribution in [2.75, 3.05) is 6.61 Å². The highest BCUT2D eigenvalue weighted by atomic mass is 127. The first kappa shape index (κ1) is 13.9. The lowest BCUT2D eigenvalue weighted by molar-refractivity contribution is -0.142. The Morgan fingerprint density at radius 3 is 2.95 bits per heavy atom. The van der Waals surface area contributed by atoms with Crippen molar-refractivity contribution in [3.05, 3.63) is 33.5 Å². The standard InChI is InChI=1S/C11H8FIN2O4/c12-6-1-2-7(8(13)3-6)11-15-14-9(19-11)4-18-5-10(16)17/h1-3H,4-5H2,(H,16,17). The van der Waals surface area contributed by atoms with Gasteiger partial charge in [-0.25, -0.2) is 9.18 Å². The largest absolute Gasteiger partial charge is 0.480 e. The highest BCUT2D eigenvalue weighted by Gasteiger charge is 2.12. The molecule has 0 aliphatic heterocycles. The van der Waals surface area contributed by atoms with E-state index in [-0.39, 0.29) is 24.2 Å². The van der Waals surface area contributed by atoms with Crippen molar-refractivity contribution in [1.82, 2.24) is 10.2 Å². The van der Waals surface area contributed by atoms with Gasteiger partial charge in [-0.1, -0.05) is 0 Å². The fourth-order valence-electron chi connectivity index (χ4n) is 1.31. The summed E-state index contributed by atoms with van der Waals surface area (Å²) in [5.41, 5.74) is 0.610. The summed E-state index contributed by atoms with van der Waals surface area (Å²) in [4.78, 5) is 10.3. The van der Waals surface area contributed by atoms with Gasteiger partial charge in [-0.05, 0) is 40.8 Å². The molecular weight excluding hydrogens is 370 g/mol. The molecule has 2 aromatic rings. The van der Waals surface area contributed by atoms with Gasteiger partial charge in [0, 0.05) is 3.57 Å². The van der Waals surface area contributed by atoms with Crippen molar-refractivity contribution in [3.63, 3.8) is 0 Å². The molecule has 100 valence electrons. The number of aromatic nitrogens is 2. The molecule has 0 saturated carbocycles. The number of hydrogen-bond acceptors (Lipinski definition) is 5. The Morgan fingerprint density at radius 2 is 2.26 bits per heavy atom. The Labute approximate surface area is 120 Å². The SMILES string of the molecule is O=C(O)COCc1nnc(-c2ccc(F)cc2I)o1. The van der Waals surface area contributed by atoms with E-state index in [1.165, 1.54) is 18.2 Å². The molecule has 0 bridgehead atoms. The van der Waals surface area contributed by atoms with Crippen LogP contribution in [-0.2, 0) is 16.1 Å². The van der Waals surface area contributed by atoms with Crippen LogP contribution in [0.3, 0.4) is 0 Å². The van der Waals surface area contributed by atoms with E-state index in [4.69, 9.17) is 14.3 Å². The normalized spacial score (nSPS) is 10.6. The summed E-state index contributed by atoms with van der Waals surface area (Å²) < 4.78 is 23.7. The van der Waals surface area contributed by atoms with Crippen molar-refractivity contribution in [1.29, 1.82) is 0 Å². The van der Waals surface area contributed by atoms with Crippen LogP contribution in [0.4, 0.5) is 4.39 Å². The smallest absolute Gasteiger partial charge is 0.329 e. The zero-order valence-electron chi connectivity index (χ0n) is 9.47. The molecule has 0 aliphatic carbocycles. The average molecular weight is 378 g/mol. The molecule has 0 radical (unpaired) electrons. The van der Waals surface area contributed by atoms with Crippen molar-refractivity contribution in [2.24, 2.45) is 0 Å². The van der Waals surface area contributed by atoms with E-state index in [0.717, 1.165) is 0 Å². The first-order valence-electron chi connectivity index (χ1n) is 5.13. The van der Waals surface area contributed by atoms with Crippen LogP contribution in [0, 0.1) is 9.39 Å². The molecule has 0 unspecified atom stereocenters. The first-order chi connectivity index (χ1) is 9.06. The quantitative estimate of drug-likeness (QED) is 0.803. The number of rotatable bonds is 5. The molecule has 8 heteroatoms. The van der Waals surface area contributed by atoms with Crippen molar-refractivity contribution >= 4 is 28.6 Å². The van der Waals surface area contributed by atoms with E-state index < -0.39 is 12.6 Å². The molecule has 1 heterocycles. The monoisotopic (exact) mass is 378 g/mol. The van der Waals surface area contributed by atoms with Gasteiger partial charge >= 0.3 is 5.97 Å². The Balaban J connectivity index is 2.10. The molecule has 0 saturated heterocycles. The van der Waals surface area contributed by atoms with Crippen LogP contribution < -0.4 is 0 Å². The molecule has 0 atom stereocenters. The molecule has 0 amide bonds. The third-order valence-electron chi connectivity index (χ3n) is 2.08. The third-order valence-corrected chi connectivity index (χ3v) is 2.97. The fraction of sp³-hybridized carbons (Fsp3) is 0.182. The topological polar surface area (TPSA) is 85.5 Å². The zero-order valence-corrected chi connectivity index (χ0v) is 11.6. The second-order valence-corrected chi connectivity index (χ2v) is 4.67. The minimum absolute atomic E-state index is 0.0862. The van der Waals surface area contributed by atoms with Crippen molar-refractivity contribution in [3.8, 4) is 11.5 Å². The van der Waals surface area contributed by atoms with Crippen LogP contribution in [0.5, 0.6) is 0 Å². The number of carboxylic acids is 1. The third kappa shape index (κ3) is 3.70. The first-order valence-corrected chi connectivity index (χ1v) is 6.21. The number of carboxylic acid groups (broad SMARTS) is 1. The minimum Gasteiger partial charge on any atom is -0.480 e. The molecule has 0 fully saturated rings. The predicted molar refractivity (Wildman–Crippen MR) is 69.7 cm³/mol. The van der Waals surface area contributed by atoms with Crippen LogP contribution in [0.25, 0.3) is 11.5 Å². The number of carbonyl (C=O) groups is 1. The van der Waals surface area contributed by atoms with E-state index in [2.05, 4.69) is 10.2 Å². The van der Waals surface area contributed by atoms with Gasteiger partial charge in [0.25, 0.3) is 0 Å². The lowest BCUT2D eigenvalue weighted by Gasteiger charge is -1.99. The number of benzene rings is 1. The summed E-state index contributed by atoms with van der Waals surface area (Å²) in [5, 5.41) is 15.9. The van der Waals surface area contributed by atoms with E-state index in [0.29, 0.717) is 9.13 Å². The van der Waals surface area contributed by atoms with E-state index in [9.17, 15) is 9.18 Å². The Kier molecular flexibility index (Phi) is 4.43. The van der Waals surface area contributed by atoms with E-state index >= 15 is 0 Å². The predicted octanol–water partition coefficient (Wildman–Crippen LogP) is 2.08. The summed E-state index contributed by atoms with van der Waals surface area (Å²) in [7, 11) is 0. The molecule has 0 spiro atoms. The lowest BCUT2D eigenvalue weighted by atomic mass is 10.2. The van der Waals surface area contributed by atoms with Crippen LogP contribution >= 0.6 is 22.6 Å². The molecule has 1 aromatic heterocycles. The maximum atomic E-state index is 13.0. The molecule has 6 nitrogen and oxygen atoms in total. The van der Waals surface area contributed by atoms with E-state index in [1.807, 2.05) is 22.6 Å². The summed E-state index contributed by atoms with van der Waals surface area (Å²) in [5.74, 6) is -1.03. The second-order valence-electron chi connectivity index (χ2n) is 3.51. The fourth-order valence-corrected chi connectivity index (χ4v) is 2.02. The highest BCUT2D eigenvalue weighted by molar-refractivity contribution is 14.1. The Hall–Kier alpha value is -1.55.